The molecule has 148 valence electrons. The highest BCUT2D eigenvalue weighted by atomic mass is 79.9. The molecule has 0 fully saturated rings. The molecule has 1 aromatic carbocycles. The standard InChI is InChI=1S/C19H22BrFO5S/c1-10(8-20)9-26-18-14(24-3)7-15-12(17(18)21)6-16(27-15)13(22)5-11(2)19(23)25-4/h6-7,10-11H,5,8-9H2,1-4H3/t10?,11-/m0/s1. The maximum atomic E-state index is 15.0. The number of benzene rings is 1. The number of ether oxygens (including phenoxy) is 3. The summed E-state index contributed by atoms with van der Waals surface area (Å²) in [7, 11) is 2.72. The quantitative estimate of drug-likeness (QED) is 0.304. The number of halogens is 2. The normalized spacial score (nSPS) is 13.3. The molecule has 0 aliphatic carbocycles. The summed E-state index contributed by atoms with van der Waals surface area (Å²) >= 11 is 4.53. The van der Waals surface area contributed by atoms with Gasteiger partial charge in [-0.2, -0.15) is 0 Å². The molecule has 0 aliphatic heterocycles. The van der Waals surface area contributed by atoms with Gasteiger partial charge >= 0.3 is 5.97 Å². The minimum Gasteiger partial charge on any atom is -0.493 e. The predicted octanol–water partition coefficient (Wildman–Crippen LogP) is 4.84. The second-order valence-corrected chi connectivity index (χ2v) is 8.10. The second-order valence-electron chi connectivity index (χ2n) is 6.37. The number of hydrogen-bond donors (Lipinski definition) is 0. The molecule has 1 unspecified atom stereocenters. The fourth-order valence-electron chi connectivity index (χ4n) is 2.46. The van der Waals surface area contributed by atoms with E-state index < -0.39 is 17.7 Å². The van der Waals surface area contributed by atoms with E-state index >= 15 is 0 Å². The Morgan fingerprint density at radius 2 is 1.96 bits per heavy atom. The molecule has 0 saturated heterocycles. The molecule has 5 nitrogen and oxygen atoms in total. The first kappa shape index (κ1) is 21.6. The van der Waals surface area contributed by atoms with Crippen LogP contribution in [0.2, 0.25) is 0 Å². The van der Waals surface area contributed by atoms with Gasteiger partial charge in [-0.05, 0) is 12.0 Å². The Morgan fingerprint density at radius 3 is 2.56 bits per heavy atom. The Bertz CT molecular complexity index is 835. The summed E-state index contributed by atoms with van der Waals surface area (Å²) in [5.74, 6) is -1.27. The fourth-order valence-corrected chi connectivity index (χ4v) is 3.68. The Balaban J connectivity index is 2.34. The average Bonchev–Trinajstić information content (AvgIpc) is 3.10. The third-order valence-corrected chi connectivity index (χ3v) is 6.28. The van der Waals surface area contributed by atoms with Crippen molar-refractivity contribution >= 4 is 49.1 Å². The first-order chi connectivity index (χ1) is 12.8. The highest BCUT2D eigenvalue weighted by Gasteiger charge is 2.23. The topological polar surface area (TPSA) is 61.8 Å². The van der Waals surface area contributed by atoms with Crippen LogP contribution in [0.3, 0.4) is 0 Å². The number of Topliss-reactive ketones (excluding diaryl/α,β-unsaturated/α-hetero) is 1. The molecule has 0 amide bonds. The van der Waals surface area contributed by atoms with E-state index in [9.17, 15) is 14.0 Å². The fraction of sp³-hybridized carbons (Fsp3) is 0.474. The molecule has 0 N–H and O–H groups in total. The highest BCUT2D eigenvalue weighted by Crippen LogP contribution is 2.40. The van der Waals surface area contributed by atoms with Gasteiger partial charge in [0.25, 0.3) is 0 Å². The van der Waals surface area contributed by atoms with Crippen LogP contribution in [0.15, 0.2) is 12.1 Å². The van der Waals surface area contributed by atoms with Gasteiger partial charge in [-0.25, -0.2) is 4.39 Å². The van der Waals surface area contributed by atoms with E-state index in [0.29, 0.717) is 21.6 Å². The number of hydrogen-bond acceptors (Lipinski definition) is 6. The summed E-state index contributed by atoms with van der Waals surface area (Å²) in [6.07, 6.45) is 0.00434. The molecule has 0 bridgehead atoms. The predicted molar refractivity (Wildman–Crippen MR) is 107 cm³/mol. The van der Waals surface area contributed by atoms with Gasteiger partial charge in [-0.1, -0.05) is 29.8 Å². The molecule has 2 aromatic rings. The minimum absolute atomic E-state index is 0.00434. The zero-order valence-corrected chi connectivity index (χ0v) is 18.0. The van der Waals surface area contributed by atoms with E-state index in [0.717, 1.165) is 16.7 Å². The number of esters is 1. The van der Waals surface area contributed by atoms with Crippen LogP contribution in [0.1, 0.15) is 29.9 Å². The molecule has 2 atom stereocenters. The number of carbonyl (C=O) groups excluding carboxylic acids is 2. The molecule has 1 aromatic heterocycles. The van der Waals surface area contributed by atoms with Gasteiger partial charge in [0, 0.05) is 27.9 Å². The highest BCUT2D eigenvalue weighted by molar-refractivity contribution is 9.09. The van der Waals surface area contributed by atoms with Crippen molar-refractivity contribution in [3.63, 3.8) is 0 Å². The smallest absolute Gasteiger partial charge is 0.308 e. The monoisotopic (exact) mass is 460 g/mol. The lowest BCUT2D eigenvalue weighted by Gasteiger charge is -2.14. The van der Waals surface area contributed by atoms with Crippen molar-refractivity contribution in [1.29, 1.82) is 0 Å². The molecule has 2 rings (SSSR count). The van der Waals surface area contributed by atoms with Crippen LogP contribution in [0.25, 0.3) is 10.1 Å². The molecule has 8 heteroatoms. The van der Waals surface area contributed by atoms with Gasteiger partial charge in [-0.15, -0.1) is 11.3 Å². The van der Waals surface area contributed by atoms with Gasteiger partial charge in [0.2, 0.25) is 0 Å². The Labute approximate surface area is 169 Å². The molecule has 0 saturated carbocycles. The van der Waals surface area contributed by atoms with E-state index in [2.05, 4.69) is 20.7 Å². The number of methoxy groups -OCH3 is 2. The van der Waals surface area contributed by atoms with Crippen LogP contribution in [0.4, 0.5) is 4.39 Å². The number of ketones is 1. The summed E-state index contributed by atoms with van der Waals surface area (Å²) < 4.78 is 31.1. The van der Waals surface area contributed by atoms with Crippen molar-refractivity contribution in [2.24, 2.45) is 11.8 Å². The van der Waals surface area contributed by atoms with Crippen molar-refractivity contribution in [2.75, 3.05) is 26.2 Å². The number of thiophene rings is 1. The molecule has 1 heterocycles. The average molecular weight is 461 g/mol. The Hall–Kier alpha value is -1.67. The summed E-state index contributed by atoms with van der Waals surface area (Å²) in [6.45, 7) is 3.93. The molecular weight excluding hydrogens is 439 g/mol. The van der Waals surface area contributed by atoms with Crippen molar-refractivity contribution < 1.29 is 28.2 Å². The number of carbonyl (C=O) groups is 2. The van der Waals surface area contributed by atoms with Crippen LogP contribution in [-0.4, -0.2) is 37.9 Å². The van der Waals surface area contributed by atoms with Crippen LogP contribution < -0.4 is 9.47 Å². The van der Waals surface area contributed by atoms with Crippen molar-refractivity contribution in [3.8, 4) is 11.5 Å². The molecule has 0 aliphatic rings. The van der Waals surface area contributed by atoms with Crippen molar-refractivity contribution in [2.45, 2.75) is 20.3 Å². The third kappa shape index (κ3) is 4.99. The Kier molecular flexibility index (Phi) is 7.61. The number of rotatable bonds is 9. The van der Waals surface area contributed by atoms with Crippen LogP contribution >= 0.6 is 27.3 Å². The van der Waals surface area contributed by atoms with Gasteiger partial charge < -0.3 is 14.2 Å². The lowest BCUT2D eigenvalue weighted by molar-refractivity contribution is -0.144. The van der Waals surface area contributed by atoms with Crippen molar-refractivity contribution in [1.82, 2.24) is 0 Å². The molecule has 27 heavy (non-hydrogen) atoms. The van der Waals surface area contributed by atoms with E-state index in [4.69, 9.17) is 9.47 Å². The van der Waals surface area contributed by atoms with E-state index in [-0.39, 0.29) is 29.6 Å². The molecular formula is C19H22BrFO5S. The lowest BCUT2D eigenvalue weighted by Crippen LogP contribution is -2.16. The van der Waals surface area contributed by atoms with Crippen molar-refractivity contribution in [3.05, 3.63) is 22.8 Å². The summed E-state index contributed by atoms with van der Waals surface area (Å²) in [4.78, 5) is 24.4. The minimum atomic E-state index is -0.559. The maximum absolute atomic E-state index is 15.0. The SMILES string of the molecule is COC(=O)[C@@H](C)CC(=O)c1cc2c(F)c(OCC(C)CBr)c(OC)cc2s1. The number of fused-ring (bicyclic) bond motifs is 1. The first-order valence-electron chi connectivity index (χ1n) is 8.42. The van der Waals surface area contributed by atoms with E-state index in [1.807, 2.05) is 6.92 Å². The Morgan fingerprint density at radius 1 is 1.26 bits per heavy atom. The third-order valence-electron chi connectivity index (χ3n) is 4.05. The van der Waals surface area contributed by atoms with E-state index in [1.165, 1.54) is 20.3 Å². The van der Waals surface area contributed by atoms with Crippen LogP contribution in [-0.2, 0) is 9.53 Å². The molecule has 0 spiro atoms. The van der Waals surface area contributed by atoms with Gasteiger partial charge in [0.15, 0.2) is 23.1 Å². The first-order valence-corrected chi connectivity index (χ1v) is 10.4. The number of alkyl halides is 1. The summed E-state index contributed by atoms with van der Waals surface area (Å²) in [5.41, 5.74) is 0. The maximum Gasteiger partial charge on any atom is 0.308 e. The van der Waals surface area contributed by atoms with E-state index in [1.54, 1.807) is 13.0 Å². The summed E-state index contributed by atoms with van der Waals surface area (Å²) in [5, 5.41) is 1.03. The zero-order valence-electron chi connectivity index (χ0n) is 15.6. The van der Waals surface area contributed by atoms with Crippen LogP contribution in [0, 0.1) is 17.7 Å². The van der Waals surface area contributed by atoms with Gasteiger partial charge in [0.05, 0.1) is 31.6 Å². The molecule has 0 radical (unpaired) electrons. The van der Waals surface area contributed by atoms with Crippen LogP contribution in [0.5, 0.6) is 11.5 Å². The van der Waals surface area contributed by atoms with Gasteiger partial charge in [-0.3, -0.25) is 9.59 Å². The summed E-state index contributed by atoms with van der Waals surface area (Å²) in [6, 6.07) is 3.17. The zero-order chi connectivity index (χ0) is 20.1. The second kappa shape index (κ2) is 9.50. The largest absolute Gasteiger partial charge is 0.493 e. The lowest BCUT2D eigenvalue weighted by atomic mass is 10.0. The van der Waals surface area contributed by atoms with Gasteiger partial charge in [0.1, 0.15) is 0 Å².